The van der Waals surface area contributed by atoms with Crippen molar-refractivity contribution in [3.63, 3.8) is 0 Å². The van der Waals surface area contributed by atoms with Crippen molar-refractivity contribution in [2.45, 2.75) is 19.8 Å². The lowest BCUT2D eigenvalue weighted by Crippen LogP contribution is -2.06. The highest BCUT2D eigenvalue weighted by Gasteiger charge is 2.16. The van der Waals surface area contributed by atoms with Crippen LogP contribution in [0.1, 0.15) is 19.8 Å². The normalized spacial score (nSPS) is 16.4. The first-order valence-corrected chi connectivity index (χ1v) is 3.66. The monoisotopic (exact) mass is 167 g/mol. The average molecular weight is 167 g/mol. The molecule has 12 heavy (non-hydrogen) atoms. The molecule has 1 aliphatic rings. The molecular weight excluding hydrogens is 158 g/mol. The molecule has 0 aliphatic heterocycles. The van der Waals surface area contributed by atoms with Gasteiger partial charge in [0.05, 0.1) is 4.92 Å². The van der Waals surface area contributed by atoms with Crippen LogP contribution in [0.5, 0.6) is 0 Å². The number of carbonyl (C=O) groups excluding carboxylic acids is 1. The van der Waals surface area contributed by atoms with Crippen LogP contribution in [0.25, 0.3) is 0 Å². The number of Topliss-reactive ketones (excluding diaryl/α,β-unsaturated/α-hetero) is 1. The molecule has 64 valence electrons. The molecule has 0 unspecified atom stereocenters. The SMILES string of the molecule is CC(=O)C1=CC=C([N+](=O)[O-])CC1. The predicted molar refractivity (Wildman–Crippen MR) is 43.1 cm³/mol. The van der Waals surface area contributed by atoms with Crippen LogP contribution in [0.3, 0.4) is 0 Å². The van der Waals surface area contributed by atoms with Crippen LogP contribution in [0, 0.1) is 10.1 Å². The number of nitro groups is 1. The van der Waals surface area contributed by atoms with Gasteiger partial charge >= 0.3 is 0 Å². The Morgan fingerprint density at radius 2 is 2.17 bits per heavy atom. The summed E-state index contributed by atoms with van der Waals surface area (Å²) in [6.45, 7) is 1.47. The summed E-state index contributed by atoms with van der Waals surface area (Å²) in [5.74, 6) is -0.00588. The van der Waals surface area contributed by atoms with Crippen LogP contribution >= 0.6 is 0 Å². The summed E-state index contributed by atoms with van der Waals surface area (Å²) < 4.78 is 0. The molecule has 0 atom stereocenters. The molecule has 0 spiro atoms. The first kappa shape index (κ1) is 8.64. The van der Waals surface area contributed by atoms with E-state index in [1.54, 1.807) is 0 Å². The van der Waals surface area contributed by atoms with Crippen LogP contribution < -0.4 is 0 Å². The lowest BCUT2D eigenvalue weighted by Gasteiger charge is -2.05. The summed E-state index contributed by atoms with van der Waals surface area (Å²) in [7, 11) is 0. The smallest absolute Gasteiger partial charge is 0.246 e. The summed E-state index contributed by atoms with van der Waals surface area (Å²) in [5, 5.41) is 10.3. The molecule has 4 nitrogen and oxygen atoms in total. The van der Waals surface area contributed by atoms with Gasteiger partial charge in [0.25, 0.3) is 0 Å². The van der Waals surface area contributed by atoms with Gasteiger partial charge in [0.2, 0.25) is 5.70 Å². The van der Waals surface area contributed by atoms with Gasteiger partial charge in [-0.25, -0.2) is 0 Å². The van der Waals surface area contributed by atoms with Gasteiger partial charge in [-0.1, -0.05) is 0 Å². The van der Waals surface area contributed by atoms with Crippen molar-refractivity contribution >= 4 is 5.78 Å². The quantitative estimate of drug-likeness (QED) is 0.462. The van der Waals surface area contributed by atoms with E-state index < -0.39 is 4.92 Å². The predicted octanol–water partition coefficient (Wildman–Crippen LogP) is 1.46. The third-order valence-electron chi connectivity index (χ3n) is 1.81. The van der Waals surface area contributed by atoms with Crippen molar-refractivity contribution in [3.05, 3.63) is 33.5 Å². The Hall–Kier alpha value is -1.45. The third-order valence-corrected chi connectivity index (χ3v) is 1.81. The van der Waals surface area contributed by atoms with E-state index in [-0.39, 0.29) is 11.5 Å². The van der Waals surface area contributed by atoms with E-state index in [1.807, 2.05) is 0 Å². The molecule has 0 aromatic carbocycles. The van der Waals surface area contributed by atoms with Crippen LogP contribution in [0.15, 0.2) is 23.4 Å². The largest absolute Gasteiger partial charge is 0.295 e. The zero-order valence-electron chi connectivity index (χ0n) is 6.74. The maximum atomic E-state index is 10.8. The number of ketones is 1. The van der Waals surface area contributed by atoms with Crippen molar-refractivity contribution in [2.75, 3.05) is 0 Å². The molecular formula is C8H9NO3. The van der Waals surface area contributed by atoms with E-state index in [4.69, 9.17) is 0 Å². The highest BCUT2D eigenvalue weighted by Crippen LogP contribution is 2.18. The van der Waals surface area contributed by atoms with Crippen molar-refractivity contribution in [1.29, 1.82) is 0 Å². The lowest BCUT2D eigenvalue weighted by molar-refractivity contribution is -0.428. The van der Waals surface area contributed by atoms with Crippen LogP contribution in [0.2, 0.25) is 0 Å². The first-order chi connectivity index (χ1) is 5.61. The molecule has 0 amide bonds. The Kier molecular flexibility index (Phi) is 2.38. The fourth-order valence-electron chi connectivity index (χ4n) is 1.07. The minimum Gasteiger partial charge on any atom is -0.295 e. The molecule has 0 saturated heterocycles. The molecule has 0 bridgehead atoms. The van der Waals surface area contributed by atoms with Crippen LogP contribution in [-0.2, 0) is 4.79 Å². The second-order valence-corrected chi connectivity index (χ2v) is 2.66. The Morgan fingerprint density at radius 3 is 2.50 bits per heavy atom. The number of rotatable bonds is 2. The highest BCUT2D eigenvalue weighted by molar-refractivity contribution is 5.93. The van der Waals surface area contributed by atoms with Gasteiger partial charge < -0.3 is 0 Å². The van der Waals surface area contributed by atoms with E-state index >= 15 is 0 Å². The Bertz CT molecular complexity index is 259. The van der Waals surface area contributed by atoms with E-state index in [1.165, 1.54) is 19.1 Å². The number of hydrogen-bond donors (Lipinski definition) is 0. The van der Waals surface area contributed by atoms with Crippen LogP contribution in [0.4, 0.5) is 0 Å². The van der Waals surface area contributed by atoms with Gasteiger partial charge in [0.1, 0.15) is 0 Å². The third kappa shape index (κ3) is 1.78. The molecule has 0 aromatic rings. The molecule has 4 heteroatoms. The van der Waals surface area contributed by atoms with E-state index in [9.17, 15) is 14.9 Å². The summed E-state index contributed by atoms with van der Waals surface area (Å²) in [6.07, 6.45) is 3.78. The van der Waals surface area contributed by atoms with Crippen molar-refractivity contribution in [2.24, 2.45) is 0 Å². The van der Waals surface area contributed by atoms with Gasteiger partial charge in [0.15, 0.2) is 5.78 Å². The summed E-state index contributed by atoms with van der Waals surface area (Å²) in [4.78, 5) is 20.7. The van der Waals surface area contributed by atoms with Crippen molar-refractivity contribution in [1.82, 2.24) is 0 Å². The summed E-state index contributed by atoms with van der Waals surface area (Å²) in [6, 6.07) is 0. The van der Waals surface area contributed by atoms with Gasteiger partial charge in [-0.2, -0.15) is 0 Å². The van der Waals surface area contributed by atoms with E-state index in [2.05, 4.69) is 0 Å². The lowest BCUT2D eigenvalue weighted by atomic mass is 10.0. The first-order valence-electron chi connectivity index (χ1n) is 3.66. The summed E-state index contributed by atoms with van der Waals surface area (Å²) in [5.41, 5.74) is 0.848. The average Bonchev–Trinajstić information content (AvgIpc) is 2.04. The van der Waals surface area contributed by atoms with Crippen molar-refractivity contribution in [3.8, 4) is 0 Å². The van der Waals surface area contributed by atoms with Crippen molar-refractivity contribution < 1.29 is 9.72 Å². The number of hydrogen-bond acceptors (Lipinski definition) is 3. The highest BCUT2D eigenvalue weighted by atomic mass is 16.6. The maximum Gasteiger partial charge on any atom is 0.246 e. The van der Waals surface area contributed by atoms with Gasteiger partial charge in [-0.3, -0.25) is 14.9 Å². The Balaban J connectivity index is 2.80. The molecule has 0 saturated carbocycles. The van der Waals surface area contributed by atoms with Gasteiger partial charge in [-0.05, 0) is 25.0 Å². The molecule has 0 aromatic heterocycles. The fraction of sp³-hybridized carbons (Fsp3) is 0.375. The minimum atomic E-state index is -0.409. The number of nitrogens with zero attached hydrogens (tertiary/aromatic N) is 1. The van der Waals surface area contributed by atoms with Gasteiger partial charge in [0, 0.05) is 12.5 Å². The number of allylic oxidation sites excluding steroid dienone is 4. The number of carbonyl (C=O) groups is 1. The Morgan fingerprint density at radius 1 is 1.50 bits per heavy atom. The molecule has 0 N–H and O–H groups in total. The molecule has 0 heterocycles. The van der Waals surface area contributed by atoms with E-state index in [0.717, 1.165) is 0 Å². The Labute approximate surface area is 69.7 Å². The molecule has 1 rings (SSSR count). The zero-order valence-corrected chi connectivity index (χ0v) is 6.74. The second-order valence-electron chi connectivity index (χ2n) is 2.66. The molecule has 0 fully saturated rings. The fourth-order valence-corrected chi connectivity index (χ4v) is 1.07. The standard InChI is InChI=1S/C8H9NO3/c1-6(10)7-2-4-8(5-3-7)9(11)12/h2,4H,3,5H2,1H3. The maximum absolute atomic E-state index is 10.8. The second kappa shape index (κ2) is 3.30. The topological polar surface area (TPSA) is 60.2 Å². The minimum absolute atomic E-state index is 0.00588. The van der Waals surface area contributed by atoms with Gasteiger partial charge in [-0.15, -0.1) is 0 Å². The van der Waals surface area contributed by atoms with Crippen LogP contribution in [-0.4, -0.2) is 10.7 Å². The molecule has 0 radical (unpaired) electrons. The van der Waals surface area contributed by atoms with E-state index in [0.29, 0.717) is 18.4 Å². The molecule has 1 aliphatic carbocycles. The zero-order chi connectivity index (χ0) is 9.14. The summed E-state index contributed by atoms with van der Waals surface area (Å²) >= 11 is 0.